The molecule has 1 aromatic heterocycles. The number of fused-ring (bicyclic) bond motifs is 1. The number of piperazine rings is 1. The minimum Gasteiger partial charge on any atom is -0.397 e. The number of nitrogens with two attached hydrogens (primary N) is 1. The quantitative estimate of drug-likeness (QED) is 0.870. The van der Waals surface area contributed by atoms with Gasteiger partial charge in [0.15, 0.2) is 0 Å². The van der Waals surface area contributed by atoms with Crippen molar-refractivity contribution in [3.63, 3.8) is 0 Å². The summed E-state index contributed by atoms with van der Waals surface area (Å²) in [5.74, 6) is 0.187. The molecular formula is C15H22N4O. The average molecular weight is 274 g/mol. The maximum atomic E-state index is 12.4. The Kier molecular flexibility index (Phi) is 3.87. The Bertz CT molecular complexity index is 473. The van der Waals surface area contributed by atoms with Crippen LogP contribution >= 0.6 is 0 Å². The first-order chi connectivity index (χ1) is 9.72. The maximum Gasteiger partial charge on any atom is 0.228 e. The third-order valence-corrected chi connectivity index (χ3v) is 4.37. The number of nitrogen functional groups attached to an aromatic ring is 1. The van der Waals surface area contributed by atoms with Crippen LogP contribution in [0.1, 0.15) is 25.0 Å². The lowest BCUT2D eigenvalue weighted by molar-refractivity contribution is -0.134. The van der Waals surface area contributed by atoms with E-state index < -0.39 is 0 Å². The van der Waals surface area contributed by atoms with Gasteiger partial charge in [0.05, 0.1) is 18.3 Å². The van der Waals surface area contributed by atoms with E-state index in [1.54, 1.807) is 12.3 Å². The molecule has 0 aliphatic carbocycles. The van der Waals surface area contributed by atoms with Crippen LogP contribution < -0.4 is 5.73 Å². The van der Waals surface area contributed by atoms with Crippen LogP contribution in [0.2, 0.25) is 0 Å². The van der Waals surface area contributed by atoms with Crippen molar-refractivity contribution < 1.29 is 4.79 Å². The van der Waals surface area contributed by atoms with Crippen LogP contribution in [0.15, 0.2) is 18.3 Å². The molecule has 1 atom stereocenters. The van der Waals surface area contributed by atoms with Crippen molar-refractivity contribution in [3.8, 4) is 0 Å². The second kappa shape index (κ2) is 5.79. The Morgan fingerprint density at radius 1 is 1.30 bits per heavy atom. The lowest BCUT2D eigenvalue weighted by atomic mass is 9.99. The van der Waals surface area contributed by atoms with Crippen LogP contribution in [0, 0.1) is 0 Å². The Balaban J connectivity index is 1.58. The van der Waals surface area contributed by atoms with E-state index >= 15 is 0 Å². The van der Waals surface area contributed by atoms with Gasteiger partial charge in [-0.15, -0.1) is 0 Å². The Labute approximate surface area is 119 Å². The number of hydrogen-bond donors (Lipinski definition) is 1. The topological polar surface area (TPSA) is 62.5 Å². The van der Waals surface area contributed by atoms with E-state index in [1.165, 1.54) is 25.8 Å². The van der Waals surface area contributed by atoms with Crippen molar-refractivity contribution in [2.45, 2.75) is 31.7 Å². The van der Waals surface area contributed by atoms with Crippen LogP contribution in [0.4, 0.5) is 5.69 Å². The van der Waals surface area contributed by atoms with Crippen LogP contribution in [0.5, 0.6) is 0 Å². The molecule has 3 rings (SSSR count). The van der Waals surface area contributed by atoms with Gasteiger partial charge in [-0.05, 0) is 31.5 Å². The molecule has 0 radical (unpaired) electrons. The summed E-state index contributed by atoms with van der Waals surface area (Å²) >= 11 is 0. The molecule has 2 fully saturated rings. The summed E-state index contributed by atoms with van der Waals surface area (Å²) in [7, 11) is 0. The summed E-state index contributed by atoms with van der Waals surface area (Å²) in [6.07, 6.45) is 5.82. The molecule has 3 heterocycles. The van der Waals surface area contributed by atoms with Gasteiger partial charge in [0, 0.05) is 31.4 Å². The molecule has 0 aromatic carbocycles. The Hall–Kier alpha value is -1.62. The second-order valence-electron chi connectivity index (χ2n) is 5.78. The molecule has 1 amide bonds. The summed E-state index contributed by atoms with van der Waals surface area (Å²) in [4.78, 5) is 21.1. The first-order valence-corrected chi connectivity index (χ1v) is 7.44. The molecule has 1 aromatic rings. The maximum absolute atomic E-state index is 12.4. The monoisotopic (exact) mass is 274 g/mol. The molecule has 1 unspecified atom stereocenters. The highest BCUT2D eigenvalue weighted by atomic mass is 16.2. The number of aromatic nitrogens is 1. The fourth-order valence-corrected chi connectivity index (χ4v) is 3.19. The van der Waals surface area contributed by atoms with E-state index in [0.717, 1.165) is 25.3 Å². The smallest absolute Gasteiger partial charge is 0.228 e. The molecule has 5 heteroatoms. The highest BCUT2D eigenvalue weighted by molar-refractivity contribution is 5.78. The van der Waals surface area contributed by atoms with Gasteiger partial charge < -0.3 is 10.6 Å². The van der Waals surface area contributed by atoms with Crippen LogP contribution in [0.3, 0.4) is 0 Å². The molecule has 0 bridgehead atoms. The number of hydrogen-bond acceptors (Lipinski definition) is 4. The van der Waals surface area contributed by atoms with Crippen molar-refractivity contribution >= 4 is 11.6 Å². The van der Waals surface area contributed by atoms with Gasteiger partial charge in [0.25, 0.3) is 0 Å². The zero-order valence-electron chi connectivity index (χ0n) is 11.8. The van der Waals surface area contributed by atoms with Crippen molar-refractivity contribution in [1.29, 1.82) is 0 Å². The van der Waals surface area contributed by atoms with Gasteiger partial charge in [-0.25, -0.2) is 0 Å². The average Bonchev–Trinajstić information content (AvgIpc) is 2.49. The van der Waals surface area contributed by atoms with Crippen LogP contribution in [-0.4, -0.2) is 52.9 Å². The van der Waals surface area contributed by atoms with E-state index in [2.05, 4.69) is 9.88 Å². The number of pyridine rings is 1. The molecule has 5 nitrogen and oxygen atoms in total. The molecule has 108 valence electrons. The number of piperidine rings is 1. The number of nitrogens with zero attached hydrogens (tertiary/aromatic N) is 3. The van der Waals surface area contributed by atoms with Gasteiger partial charge in [0.2, 0.25) is 5.91 Å². The first kappa shape index (κ1) is 13.4. The molecule has 2 aliphatic rings. The summed E-state index contributed by atoms with van der Waals surface area (Å²) in [5, 5.41) is 0. The van der Waals surface area contributed by atoms with Crippen molar-refractivity contribution in [3.05, 3.63) is 24.0 Å². The SMILES string of the molecule is Nc1ccc(CC(=O)N2CCN3CCCCC3C2)nc1. The van der Waals surface area contributed by atoms with Crippen molar-refractivity contribution in [2.75, 3.05) is 31.9 Å². The lowest BCUT2D eigenvalue weighted by Gasteiger charge is -2.44. The minimum absolute atomic E-state index is 0.187. The van der Waals surface area contributed by atoms with E-state index in [1.807, 2.05) is 11.0 Å². The molecule has 20 heavy (non-hydrogen) atoms. The Morgan fingerprint density at radius 2 is 2.20 bits per heavy atom. The van der Waals surface area contributed by atoms with Crippen molar-refractivity contribution in [2.24, 2.45) is 0 Å². The number of anilines is 1. The van der Waals surface area contributed by atoms with E-state index in [9.17, 15) is 4.79 Å². The zero-order chi connectivity index (χ0) is 13.9. The largest absolute Gasteiger partial charge is 0.397 e. The molecule has 0 spiro atoms. The summed E-state index contributed by atoms with van der Waals surface area (Å²) in [5.41, 5.74) is 7.05. The van der Waals surface area contributed by atoms with Crippen LogP contribution in [-0.2, 0) is 11.2 Å². The predicted molar refractivity (Wildman–Crippen MR) is 78.1 cm³/mol. The van der Waals surface area contributed by atoms with Crippen LogP contribution in [0.25, 0.3) is 0 Å². The number of carbonyl (C=O) groups excluding carboxylic acids is 1. The van der Waals surface area contributed by atoms with E-state index in [0.29, 0.717) is 18.2 Å². The summed E-state index contributed by atoms with van der Waals surface area (Å²) in [6.45, 7) is 3.95. The molecule has 2 saturated heterocycles. The van der Waals surface area contributed by atoms with E-state index in [4.69, 9.17) is 5.73 Å². The third-order valence-electron chi connectivity index (χ3n) is 4.37. The normalized spacial score (nSPS) is 23.4. The summed E-state index contributed by atoms with van der Waals surface area (Å²) < 4.78 is 0. The third kappa shape index (κ3) is 2.93. The minimum atomic E-state index is 0.187. The highest BCUT2D eigenvalue weighted by Gasteiger charge is 2.30. The zero-order valence-corrected chi connectivity index (χ0v) is 11.8. The lowest BCUT2D eigenvalue weighted by Crippen LogP contribution is -2.56. The van der Waals surface area contributed by atoms with Crippen molar-refractivity contribution in [1.82, 2.24) is 14.8 Å². The fraction of sp³-hybridized carbons (Fsp3) is 0.600. The van der Waals surface area contributed by atoms with Gasteiger partial charge in [0.1, 0.15) is 0 Å². The van der Waals surface area contributed by atoms with E-state index in [-0.39, 0.29) is 5.91 Å². The second-order valence-corrected chi connectivity index (χ2v) is 5.78. The van der Waals surface area contributed by atoms with Gasteiger partial charge in [-0.3, -0.25) is 14.7 Å². The molecular weight excluding hydrogens is 252 g/mol. The molecule has 2 N–H and O–H groups in total. The standard InChI is InChI=1S/C15H22N4O/c16-12-4-5-13(17-10-12)9-15(20)19-8-7-18-6-2-1-3-14(18)11-19/h4-5,10,14H,1-3,6-9,11,16H2. The highest BCUT2D eigenvalue weighted by Crippen LogP contribution is 2.21. The van der Waals surface area contributed by atoms with Gasteiger partial charge in [-0.2, -0.15) is 0 Å². The Morgan fingerprint density at radius 3 is 3.00 bits per heavy atom. The van der Waals surface area contributed by atoms with Gasteiger partial charge >= 0.3 is 0 Å². The fourth-order valence-electron chi connectivity index (χ4n) is 3.19. The number of amides is 1. The predicted octanol–water partition coefficient (Wildman–Crippen LogP) is 0.903. The van der Waals surface area contributed by atoms with Gasteiger partial charge in [-0.1, -0.05) is 6.42 Å². The first-order valence-electron chi connectivity index (χ1n) is 7.44. The number of rotatable bonds is 2. The molecule has 2 aliphatic heterocycles. The molecule has 0 saturated carbocycles. The number of carbonyl (C=O) groups is 1. The summed E-state index contributed by atoms with van der Waals surface area (Å²) in [6, 6.07) is 4.21.